The first-order chi connectivity index (χ1) is 7.53. The Morgan fingerprint density at radius 3 is 2.38 bits per heavy atom. The van der Waals surface area contributed by atoms with Gasteiger partial charge in [0.2, 0.25) is 0 Å². The number of benzene rings is 1. The largest absolute Gasteiger partial charge is 0.496 e. The second-order valence-electron chi connectivity index (χ2n) is 4.25. The summed E-state index contributed by atoms with van der Waals surface area (Å²) in [4.78, 5) is 0. The van der Waals surface area contributed by atoms with Crippen LogP contribution >= 0.6 is 11.6 Å². The van der Waals surface area contributed by atoms with E-state index >= 15 is 0 Å². The third-order valence-electron chi connectivity index (χ3n) is 3.17. The molecule has 0 atom stereocenters. The highest BCUT2D eigenvalue weighted by molar-refractivity contribution is 6.33. The lowest BCUT2D eigenvalue weighted by molar-refractivity contribution is 0.392. The standard InChI is InChI=1S/C12H16ClNO2/c1-7-9(15-2)6-8(12(14)4-5-12)11(16-3)10(7)13/h6H,4-5,14H2,1-3H3. The monoisotopic (exact) mass is 241 g/mol. The zero-order valence-corrected chi connectivity index (χ0v) is 10.5. The second kappa shape index (κ2) is 3.82. The molecule has 3 nitrogen and oxygen atoms in total. The Hall–Kier alpha value is -0.930. The molecule has 1 aromatic rings. The van der Waals surface area contributed by atoms with Gasteiger partial charge in [-0.3, -0.25) is 0 Å². The highest BCUT2D eigenvalue weighted by atomic mass is 35.5. The molecule has 4 heteroatoms. The van der Waals surface area contributed by atoms with E-state index in [1.165, 1.54) is 0 Å². The molecule has 0 bridgehead atoms. The summed E-state index contributed by atoms with van der Waals surface area (Å²) in [5.74, 6) is 1.44. The SMILES string of the molecule is COc1cc(C2(N)CC2)c(OC)c(Cl)c1C. The summed E-state index contributed by atoms with van der Waals surface area (Å²) in [6.45, 7) is 1.91. The van der Waals surface area contributed by atoms with Gasteiger partial charge >= 0.3 is 0 Å². The van der Waals surface area contributed by atoms with Gasteiger partial charge in [0.15, 0.2) is 0 Å². The van der Waals surface area contributed by atoms with Crippen molar-refractivity contribution in [3.63, 3.8) is 0 Å². The number of hydrogen-bond donors (Lipinski definition) is 1. The van der Waals surface area contributed by atoms with Gasteiger partial charge < -0.3 is 15.2 Å². The van der Waals surface area contributed by atoms with E-state index in [2.05, 4.69) is 0 Å². The van der Waals surface area contributed by atoms with Gasteiger partial charge in [-0.05, 0) is 25.8 Å². The Morgan fingerprint density at radius 2 is 1.94 bits per heavy atom. The number of halogens is 1. The van der Waals surface area contributed by atoms with Crippen LogP contribution in [0.25, 0.3) is 0 Å². The Kier molecular flexibility index (Phi) is 2.76. The molecule has 1 saturated carbocycles. The van der Waals surface area contributed by atoms with E-state index < -0.39 is 0 Å². The highest BCUT2D eigenvalue weighted by Crippen LogP contribution is 2.50. The topological polar surface area (TPSA) is 44.5 Å². The summed E-state index contributed by atoms with van der Waals surface area (Å²) >= 11 is 6.26. The number of methoxy groups -OCH3 is 2. The summed E-state index contributed by atoms with van der Waals surface area (Å²) in [6, 6.07) is 1.94. The van der Waals surface area contributed by atoms with E-state index in [0.29, 0.717) is 10.8 Å². The van der Waals surface area contributed by atoms with E-state index in [9.17, 15) is 0 Å². The van der Waals surface area contributed by atoms with Crippen LogP contribution in [0.1, 0.15) is 24.0 Å². The normalized spacial score (nSPS) is 17.1. The van der Waals surface area contributed by atoms with E-state index in [1.807, 2.05) is 13.0 Å². The molecule has 0 aliphatic heterocycles. The summed E-state index contributed by atoms with van der Waals surface area (Å²) in [6.07, 6.45) is 1.93. The number of rotatable bonds is 3. The van der Waals surface area contributed by atoms with Gasteiger partial charge in [-0.2, -0.15) is 0 Å². The third kappa shape index (κ3) is 1.64. The molecule has 1 aliphatic carbocycles. The summed E-state index contributed by atoms with van der Waals surface area (Å²) in [5.41, 5.74) is 7.74. The molecule has 0 amide bonds. The summed E-state index contributed by atoms with van der Waals surface area (Å²) < 4.78 is 10.6. The van der Waals surface area contributed by atoms with Crippen LogP contribution in [0.3, 0.4) is 0 Å². The lowest BCUT2D eigenvalue weighted by Crippen LogP contribution is -2.20. The molecule has 1 aromatic carbocycles. The zero-order chi connectivity index (χ0) is 11.9. The lowest BCUT2D eigenvalue weighted by atomic mass is 10.0. The lowest BCUT2D eigenvalue weighted by Gasteiger charge is -2.19. The third-order valence-corrected chi connectivity index (χ3v) is 3.62. The van der Waals surface area contributed by atoms with Gasteiger partial charge in [-0.15, -0.1) is 0 Å². The van der Waals surface area contributed by atoms with Gasteiger partial charge in [0.1, 0.15) is 11.5 Å². The second-order valence-corrected chi connectivity index (χ2v) is 4.63. The van der Waals surface area contributed by atoms with Gasteiger partial charge in [0.25, 0.3) is 0 Å². The number of ether oxygens (including phenoxy) is 2. The molecular formula is C12H16ClNO2. The highest BCUT2D eigenvalue weighted by Gasteiger charge is 2.43. The minimum Gasteiger partial charge on any atom is -0.496 e. The molecule has 0 radical (unpaired) electrons. The van der Waals surface area contributed by atoms with Crippen molar-refractivity contribution in [3.8, 4) is 11.5 Å². The van der Waals surface area contributed by atoms with Gasteiger partial charge in [0.05, 0.1) is 19.2 Å². The number of nitrogens with two attached hydrogens (primary N) is 1. The van der Waals surface area contributed by atoms with Crippen molar-refractivity contribution in [2.75, 3.05) is 14.2 Å². The summed E-state index contributed by atoms with van der Waals surface area (Å²) in [7, 11) is 3.24. The first kappa shape index (κ1) is 11.6. The molecule has 88 valence electrons. The maximum atomic E-state index is 6.26. The fourth-order valence-electron chi connectivity index (χ4n) is 1.89. The van der Waals surface area contributed by atoms with Crippen molar-refractivity contribution in [2.45, 2.75) is 25.3 Å². The fraction of sp³-hybridized carbons (Fsp3) is 0.500. The quantitative estimate of drug-likeness (QED) is 0.885. The van der Waals surface area contributed by atoms with Crippen molar-refractivity contribution in [1.82, 2.24) is 0 Å². The van der Waals surface area contributed by atoms with Crippen molar-refractivity contribution < 1.29 is 9.47 Å². The van der Waals surface area contributed by atoms with Crippen LogP contribution in [0, 0.1) is 6.92 Å². The Balaban J connectivity index is 2.62. The van der Waals surface area contributed by atoms with E-state index in [4.69, 9.17) is 26.8 Å². The molecule has 0 aromatic heterocycles. The van der Waals surface area contributed by atoms with Gasteiger partial charge in [-0.25, -0.2) is 0 Å². The molecule has 16 heavy (non-hydrogen) atoms. The predicted molar refractivity (Wildman–Crippen MR) is 64.4 cm³/mol. The van der Waals surface area contributed by atoms with Crippen molar-refractivity contribution >= 4 is 11.6 Å². The fourth-order valence-corrected chi connectivity index (χ4v) is 2.16. The summed E-state index contributed by atoms with van der Waals surface area (Å²) in [5, 5.41) is 0.591. The van der Waals surface area contributed by atoms with Crippen LogP contribution in [-0.2, 0) is 5.54 Å². The predicted octanol–water partition coefficient (Wildman–Crippen LogP) is 2.61. The van der Waals surface area contributed by atoms with Crippen LogP contribution in [0.2, 0.25) is 5.02 Å². The Bertz CT molecular complexity index is 428. The van der Waals surface area contributed by atoms with Crippen molar-refractivity contribution in [2.24, 2.45) is 5.73 Å². The van der Waals surface area contributed by atoms with Crippen LogP contribution in [0.15, 0.2) is 6.07 Å². The van der Waals surface area contributed by atoms with E-state index in [1.54, 1.807) is 14.2 Å². The maximum Gasteiger partial charge on any atom is 0.143 e. The average molecular weight is 242 g/mol. The van der Waals surface area contributed by atoms with Crippen molar-refractivity contribution in [3.05, 3.63) is 22.2 Å². The molecule has 0 spiro atoms. The van der Waals surface area contributed by atoms with Gasteiger partial charge in [-0.1, -0.05) is 11.6 Å². The average Bonchev–Trinajstić information content (AvgIpc) is 3.01. The molecule has 2 N–H and O–H groups in total. The zero-order valence-electron chi connectivity index (χ0n) is 9.76. The molecule has 0 heterocycles. The van der Waals surface area contributed by atoms with Crippen LogP contribution < -0.4 is 15.2 Å². The molecule has 1 aliphatic rings. The minimum absolute atomic E-state index is 0.282. The molecule has 0 unspecified atom stereocenters. The Labute approximate surface area is 100 Å². The number of hydrogen-bond acceptors (Lipinski definition) is 3. The van der Waals surface area contributed by atoms with Gasteiger partial charge in [0, 0.05) is 16.7 Å². The minimum atomic E-state index is -0.282. The van der Waals surface area contributed by atoms with Crippen LogP contribution in [0.5, 0.6) is 11.5 Å². The molecular weight excluding hydrogens is 226 g/mol. The Morgan fingerprint density at radius 1 is 1.31 bits per heavy atom. The van der Waals surface area contributed by atoms with Crippen molar-refractivity contribution in [1.29, 1.82) is 0 Å². The maximum absolute atomic E-state index is 6.26. The first-order valence-corrected chi connectivity index (χ1v) is 5.61. The molecule has 0 saturated heterocycles. The smallest absolute Gasteiger partial charge is 0.143 e. The van der Waals surface area contributed by atoms with Crippen LogP contribution in [-0.4, -0.2) is 14.2 Å². The van der Waals surface area contributed by atoms with Crippen LogP contribution in [0.4, 0.5) is 0 Å². The van der Waals surface area contributed by atoms with E-state index in [-0.39, 0.29) is 5.54 Å². The molecule has 1 fully saturated rings. The molecule has 2 rings (SSSR count). The van der Waals surface area contributed by atoms with E-state index in [0.717, 1.165) is 29.7 Å². The first-order valence-electron chi connectivity index (χ1n) is 5.24.